The molecule has 2 aromatic carbocycles. The van der Waals surface area contributed by atoms with Gasteiger partial charge < -0.3 is 20.4 Å². The van der Waals surface area contributed by atoms with Crippen LogP contribution in [-0.2, 0) is 0 Å². The largest absolute Gasteiger partial charge is 0.371 e. The van der Waals surface area contributed by atoms with E-state index in [2.05, 4.69) is 41.2 Å². The van der Waals surface area contributed by atoms with E-state index in [0.29, 0.717) is 23.7 Å². The Hall–Kier alpha value is -2.93. The van der Waals surface area contributed by atoms with Crippen molar-refractivity contribution in [2.24, 2.45) is 5.92 Å². The number of benzene rings is 2. The maximum absolute atomic E-state index is 13.5. The van der Waals surface area contributed by atoms with E-state index in [1.54, 1.807) is 18.2 Å². The summed E-state index contributed by atoms with van der Waals surface area (Å²) in [7, 11) is 0. The third kappa shape index (κ3) is 6.78. The maximum atomic E-state index is 13.5. The summed E-state index contributed by atoms with van der Waals surface area (Å²) >= 11 is 0. The Labute approximate surface area is 196 Å². The molecule has 1 fully saturated rings. The SMILES string of the molecule is CCN(CC)CCNC(=O)c1cc(NC(=O)c2cccc(F)c2)ccc1N1CCC(C)CC1. The van der Waals surface area contributed by atoms with Crippen molar-refractivity contribution in [3.05, 3.63) is 59.4 Å². The van der Waals surface area contributed by atoms with Crippen LogP contribution >= 0.6 is 0 Å². The van der Waals surface area contributed by atoms with E-state index in [-0.39, 0.29) is 11.5 Å². The number of amides is 2. The zero-order valence-corrected chi connectivity index (χ0v) is 19.9. The standard InChI is InChI=1S/C26H35FN4O2/c1-4-30(5-2)16-13-28-26(33)23-18-22(29-25(32)20-7-6-8-21(27)17-20)9-10-24(23)31-14-11-19(3)12-15-31/h6-10,17-19H,4-5,11-16H2,1-3H3,(H,28,33)(H,29,32). The highest BCUT2D eigenvalue weighted by Gasteiger charge is 2.22. The average molecular weight is 455 g/mol. The molecular formula is C26H35FN4O2. The molecule has 1 heterocycles. The van der Waals surface area contributed by atoms with Crippen molar-refractivity contribution < 1.29 is 14.0 Å². The highest BCUT2D eigenvalue weighted by Crippen LogP contribution is 2.29. The van der Waals surface area contributed by atoms with Crippen molar-refractivity contribution in [3.8, 4) is 0 Å². The second kappa shape index (κ2) is 11.8. The van der Waals surface area contributed by atoms with Crippen LogP contribution in [0.15, 0.2) is 42.5 Å². The van der Waals surface area contributed by atoms with Crippen molar-refractivity contribution in [2.75, 3.05) is 49.5 Å². The van der Waals surface area contributed by atoms with E-state index in [4.69, 9.17) is 0 Å². The second-order valence-corrected chi connectivity index (χ2v) is 8.65. The van der Waals surface area contributed by atoms with Crippen LogP contribution in [0.2, 0.25) is 0 Å². The zero-order valence-electron chi connectivity index (χ0n) is 19.9. The predicted molar refractivity (Wildman–Crippen MR) is 132 cm³/mol. The van der Waals surface area contributed by atoms with Crippen LogP contribution in [0.4, 0.5) is 15.8 Å². The van der Waals surface area contributed by atoms with E-state index in [0.717, 1.165) is 51.3 Å². The molecule has 2 N–H and O–H groups in total. The number of likely N-dealkylation sites (N-methyl/N-ethyl adjacent to an activating group) is 1. The molecular weight excluding hydrogens is 419 g/mol. The van der Waals surface area contributed by atoms with E-state index in [1.807, 2.05) is 6.07 Å². The van der Waals surface area contributed by atoms with Crippen LogP contribution in [0, 0.1) is 11.7 Å². The van der Waals surface area contributed by atoms with E-state index < -0.39 is 11.7 Å². The van der Waals surface area contributed by atoms with Gasteiger partial charge in [0, 0.05) is 43.1 Å². The number of hydrogen-bond acceptors (Lipinski definition) is 4. The number of carbonyl (C=O) groups excluding carboxylic acids is 2. The summed E-state index contributed by atoms with van der Waals surface area (Å²) in [5.74, 6) is -0.359. The third-order valence-corrected chi connectivity index (χ3v) is 6.32. The Balaban J connectivity index is 1.80. The molecule has 1 aliphatic heterocycles. The van der Waals surface area contributed by atoms with E-state index in [1.165, 1.54) is 18.2 Å². The molecule has 0 atom stereocenters. The average Bonchev–Trinajstić information content (AvgIpc) is 2.82. The highest BCUT2D eigenvalue weighted by atomic mass is 19.1. The number of carbonyl (C=O) groups is 2. The molecule has 0 aliphatic carbocycles. The number of nitrogens with one attached hydrogen (secondary N) is 2. The number of hydrogen-bond donors (Lipinski definition) is 2. The molecule has 178 valence electrons. The highest BCUT2D eigenvalue weighted by molar-refractivity contribution is 6.06. The van der Waals surface area contributed by atoms with Crippen LogP contribution < -0.4 is 15.5 Å². The fourth-order valence-corrected chi connectivity index (χ4v) is 4.12. The predicted octanol–water partition coefficient (Wildman–Crippen LogP) is 4.39. The Morgan fingerprint density at radius 1 is 1.06 bits per heavy atom. The van der Waals surface area contributed by atoms with Gasteiger partial charge in [0.25, 0.3) is 11.8 Å². The second-order valence-electron chi connectivity index (χ2n) is 8.65. The number of halogens is 1. The molecule has 6 nitrogen and oxygen atoms in total. The summed E-state index contributed by atoms with van der Waals surface area (Å²) in [6, 6.07) is 11.0. The van der Waals surface area contributed by atoms with Gasteiger partial charge in [-0.2, -0.15) is 0 Å². The Morgan fingerprint density at radius 3 is 2.45 bits per heavy atom. The van der Waals surface area contributed by atoms with Gasteiger partial charge in [-0.3, -0.25) is 9.59 Å². The molecule has 2 aromatic rings. The quantitative estimate of drug-likeness (QED) is 0.590. The van der Waals surface area contributed by atoms with Crippen LogP contribution in [0.3, 0.4) is 0 Å². The first kappa shape index (κ1) is 24.7. The zero-order chi connectivity index (χ0) is 23.8. The minimum Gasteiger partial charge on any atom is -0.371 e. The molecule has 0 saturated carbocycles. The van der Waals surface area contributed by atoms with Gasteiger partial charge in [0.15, 0.2) is 0 Å². The van der Waals surface area contributed by atoms with Gasteiger partial charge in [0.05, 0.1) is 5.56 Å². The summed E-state index contributed by atoms with van der Waals surface area (Å²) in [4.78, 5) is 30.3. The molecule has 33 heavy (non-hydrogen) atoms. The lowest BCUT2D eigenvalue weighted by Crippen LogP contribution is -2.37. The molecule has 1 aliphatic rings. The third-order valence-electron chi connectivity index (χ3n) is 6.32. The summed E-state index contributed by atoms with van der Waals surface area (Å²) < 4.78 is 13.5. The maximum Gasteiger partial charge on any atom is 0.255 e. The molecule has 0 spiro atoms. The Morgan fingerprint density at radius 2 is 1.79 bits per heavy atom. The fraction of sp³-hybridized carbons (Fsp3) is 0.462. The van der Waals surface area contributed by atoms with Crippen molar-refractivity contribution in [1.29, 1.82) is 0 Å². The number of rotatable bonds is 9. The van der Waals surface area contributed by atoms with Crippen LogP contribution in [0.1, 0.15) is 54.3 Å². The molecule has 0 unspecified atom stereocenters. The Kier molecular flexibility index (Phi) is 8.83. The van der Waals surface area contributed by atoms with Crippen molar-refractivity contribution in [3.63, 3.8) is 0 Å². The lowest BCUT2D eigenvalue weighted by molar-refractivity contribution is 0.0948. The molecule has 3 rings (SSSR count). The van der Waals surface area contributed by atoms with Gasteiger partial charge in [-0.05, 0) is 68.2 Å². The van der Waals surface area contributed by atoms with Crippen LogP contribution in [0.5, 0.6) is 0 Å². The van der Waals surface area contributed by atoms with Gasteiger partial charge in [-0.15, -0.1) is 0 Å². The number of piperidine rings is 1. The van der Waals surface area contributed by atoms with Crippen molar-refractivity contribution in [1.82, 2.24) is 10.2 Å². The summed E-state index contributed by atoms with van der Waals surface area (Å²) in [6.07, 6.45) is 2.17. The first-order valence-electron chi connectivity index (χ1n) is 11.9. The number of nitrogens with zero attached hydrogens (tertiary/aromatic N) is 2. The lowest BCUT2D eigenvalue weighted by Gasteiger charge is -2.33. The minimum atomic E-state index is -0.467. The van der Waals surface area contributed by atoms with Crippen molar-refractivity contribution in [2.45, 2.75) is 33.6 Å². The van der Waals surface area contributed by atoms with E-state index >= 15 is 0 Å². The van der Waals surface area contributed by atoms with Gasteiger partial charge in [0.2, 0.25) is 0 Å². The first-order valence-corrected chi connectivity index (χ1v) is 11.9. The summed E-state index contributed by atoms with van der Waals surface area (Å²) in [5.41, 5.74) is 2.16. The number of anilines is 2. The normalized spacial score (nSPS) is 14.4. The summed E-state index contributed by atoms with van der Waals surface area (Å²) in [5, 5.41) is 5.83. The molecule has 1 saturated heterocycles. The fourth-order valence-electron chi connectivity index (χ4n) is 4.12. The minimum absolute atomic E-state index is 0.155. The van der Waals surface area contributed by atoms with Gasteiger partial charge in [-0.25, -0.2) is 4.39 Å². The topological polar surface area (TPSA) is 64.7 Å². The molecule has 0 radical (unpaired) electrons. The monoisotopic (exact) mass is 454 g/mol. The lowest BCUT2D eigenvalue weighted by atomic mass is 9.97. The van der Waals surface area contributed by atoms with Gasteiger partial charge in [0.1, 0.15) is 5.82 Å². The van der Waals surface area contributed by atoms with Crippen LogP contribution in [-0.4, -0.2) is 56.0 Å². The molecule has 0 aromatic heterocycles. The summed E-state index contributed by atoms with van der Waals surface area (Å²) in [6.45, 7) is 11.5. The molecule has 2 amide bonds. The first-order chi connectivity index (χ1) is 15.9. The van der Waals surface area contributed by atoms with Crippen LogP contribution in [0.25, 0.3) is 0 Å². The van der Waals surface area contributed by atoms with Crippen molar-refractivity contribution >= 4 is 23.2 Å². The van der Waals surface area contributed by atoms with E-state index in [9.17, 15) is 14.0 Å². The molecule has 7 heteroatoms. The smallest absolute Gasteiger partial charge is 0.255 e. The Bertz CT molecular complexity index is 953. The van der Waals surface area contributed by atoms with Gasteiger partial charge >= 0.3 is 0 Å². The molecule has 0 bridgehead atoms. The van der Waals surface area contributed by atoms with Gasteiger partial charge in [-0.1, -0.05) is 26.8 Å².